The summed E-state index contributed by atoms with van der Waals surface area (Å²) in [6.07, 6.45) is 3.85. The van der Waals surface area contributed by atoms with E-state index in [1.165, 1.54) is 12.8 Å². The van der Waals surface area contributed by atoms with Gasteiger partial charge in [-0.3, -0.25) is 0 Å². The number of para-hydroxylation sites is 1. The lowest BCUT2D eigenvalue weighted by molar-refractivity contribution is -0.0387. The topological polar surface area (TPSA) is 30.5 Å². The summed E-state index contributed by atoms with van der Waals surface area (Å²) >= 11 is 6.04. The molecule has 1 heterocycles. The largest absolute Gasteiger partial charge is 0.382 e. The van der Waals surface area contributed by atoms with Gasteiger partial charge in [0.1, 0.15) is 0 Å². The van der Waals surface area contributed by atoms with Crippen LogP contribution in [0.1, 0.15) is 19.3 Å². The number of rotatable bonds is 6. The smallest absolute Gasteiger partial charge is 0.0808 e. The summed E-state index contributed by atoms with van der Waals surface area (Å²) in [7, 11) is 0. The molecule has 1 atom stereocenters. The first-order chi connectivity index (χ1) is 8.86. The average Bonchev–Trinajstić information content (AvgIpc) is 2.42. The molecule has 1 unspecified atom stereocenters. The van der Waals surface area contributed by atoms with Crippen LogP contribution in [-0.4, -0.2) is 32.5 Å². The molecule has 0 aromatic heterocycles. The van der Waals surface area contributed by atoms with Gasteiger partial charge in [0.25, 0.3) is 0 Å². The third-order valence-electron chi connectivity index (χ3n) is 3.01. The van der Waals surface area contributed by atoms with Crippen molar-refractivity contribution in [2.75, 3.05) is 31.7 Å². The van der Waals surface area contributed by atoms with E-state index in [0.717, 1.165) is 30.3 Å². The monoisotopic (exact) mass is 269 g/mol. The van der Waals surface area contributed by atoms with Crippen LogP contribution in [-0.2, 0) is 9.47 Å². The Morgan fingerprint density at radius 1 is 1.33 bits per heavy atom. The molecule has 0 saturated carbocycles. The fourth-order valence-corrected chi connectivity index (χ4v) is 2.22. The minimum Gasteiger partial charge on any atom is -0.382 e. The Morgan fingerprint density at radius 3 is 3.00 bits per heavy atom. The van der Waals surface area contributed by atoms with Crippen molar-refractivity contribution in [1.29, 1.82) is 0 Å². The lowest BCUT2D eigenvalue weighted by Gasteiger charge is -2.22. The molecular formula is C14H20ClNO2. The fraction of sp³-hybridized carbons (Fsp3) is 0.571. The predicted octanol–water partition coefficient (Wildman–Crippen LogP) is 3.34. The molecule has 100 valence electrons. The van der Waals surface area contributed by atoms with Gasteiger partial charge in [-0.15, -0.1) is 0 Å². The van der Waals surface area contributed by atoms with Crippen molar-refractivity contribution in [1.82, 2.24) is 0 Å². The molecule has 1 aliphatic rings. The standard InChI is InChI=1S/C14H20ClNO2/c15-13-6-1-2-7-14(13)16-8-10-17-11-12-5-3-4-9-18-12/h1-2,6-7,12,16H,3-5,8-11H2. The highest BCUT2D eigenvalue weighted by atomic mass is 35.5. The first-order valence-electron chi connectivity index (χ1n) is 6.54. The molecule has 0 amide bonds. The van der Waals surface area contributed by atoms with Crippen LogP contribution < -0.4 is 5.32 Å². The van der Waals surface area contributed by atoms with E-state index in [-0.39, 0.29) is 0 Å². The van der Waals surface area contributed by atoms with E-state index >= 15 is 0 Å². The first-order valence-corrected chi connectivity index (χ1v) is 6.92. The van der Waals surface area contributed by atoms with Crippen molar-refractivity contribution in [3.8, 4) is 0 Å². The van der Waals surface area contributed by atoms with E-state index in [2.05, 4.69) is 5.32 Å². The van der Waals surface area contributed by atoms with E-state index < -0.39 is 0 Å². The molecule has 18 heavy (non-hydrogen) atoms. The Labute approximate surface area is 113 Å². The summed E-state index contributed by atoms with van der Waals surface area (Å²) in [6.45, 7) is 3.01. The van der Waals surface area contributed by atoms with Crippen LogP contribution in [0.15, 0.2) is 24.3 Å². The third-order valence-corrected chi connectivity index (χ3v) is 3.34. The van der Waals surface area contributed by atoms with Crippen LogP contribution >= 0.6 is 11.6 Å². The van der Waals surface area contributed by atoms with Crippen molar-refractivity contribution < 1.29 is 9.47 Å². The Hall–Kier alpha value is -0.770. The molecule has 2 rings (SSSR count). The van der Waals surface area contributed by atoms with Gasteiger partial charge in [-0.25, -0.2) is 0 Å². The number of hydrogen-bond donors (Lipinski definition) is 1. The molecule has 1 fully saturated rings. The summed E-state index contributed by atoms with van der Waals surface area (Å²) in [6, 6.07) is 7.72. The maximum atomic E-state index is 6.04. The van der Waals surface area contributed by atoms with Crippen molar-refractivity contribution in [2.24, 2.45) is 0 Å². The normalized spacial score (nSPS) is 19.7. The second-order valence-electron chi connectivity index (χ2n) is 4.47. The Morgan fingerprint density at radius 2 is 2.22 bits per heavy atom. The molecule has 0 bridgehead atoms. The zero-order chi connectivity index (χ0) is 12.6. The van der Waals surface area contributed by atoms with Crippen LogP contribution in [0.4, 0.5) is 5.69 Å². The SMILES string of the molecule is Clc1ccccc1NCCOCC1CCCCO1. The lowest BCUT2D eigenvalue weighted by atomic mass is 10.1. The third kappa shape index (κ3) is 4.48. The second kappa shape index (κ2) is 7.62. The zero-order valence-corrected chi connectivity index (χ0v) is 11.3. The van der Waals surface area contributed by atoms with E-state index in [9.17, 15) is 0 Å². The van der Waals surface area contributed by atoms with Crippen molar-refractivity contribution >= 4 is 17.3 Å². The van der Waals surface area contributed by atoms with Crippen molar-refractivity contribution in [3.05, 3.63) is 29.3 Å². The molecule has 0 aliphatic carbocycles. The Bertz CT molecular complexity index is 353. The lowest BCUT2D eigenvalue weighted by Crippen LogP contribution is -2.25. The van der Waals surface area contributed by atoms with E-state index in [0.29, 0.717) is 19.3 Å². The fourth-order valence-electron chi connectivity index (χ4n) is 2.02. The second-order valence-corrected chi connectivity index (χ2v) is 4.88. The van der Waals surface area contributed by atoms with Gasteiger partial charge in [0.05, 0.1) is 30.0 Å². The summed E-state index contributed by atoms with van der Waals surface area (Å²) in [5.41, 5.74) is 0.955. The Balaban J connectivity index is 1.57. The number of halogens is 1. The number of anilines is 1. The minimum absolute atomic E-state index is 0.291. The maximum Gasteiger partial charge on any atom is 0.0808 e. The molecule has 1 aliphatic heterocycles. The van der Waals surface area contributed by atoms with E-state index in [4.69, 9.17) is 21.1 Å². The predicted molar refractivity (Wildman–Crippen MR) is 74.4 cm³/mol. The van der Waals surface area contributed by atoms with Crippen molar-refractivity contribution in [2.45, 2.75) is 25.4 Å². The minimum atomic E-state index is 0.291. The summed E-state index contributed by atoms with van der Waals surface area (Å²) in [4.78, 5) is 0. The molecule has 1 aromatic rings. The maximum absolute atomic E-state index is 6.04. The van der Waals surface area contributed by atoms with E-state index in [1.54, 1.807) is 0 Å². The summed E-state index contributed by atoms with van der Waals surface area (Å²) in [5.74, 6) is 0. The molecule has 4 heteroatoms. The highest BCUT2D eigenvalue weighted by Gasteiger charge is 2.13. The highest BCUT2D eigenvalue weighted by molar-refractivity contribution is 6.33. The number of hydrogen-bond acceptors (Lipinski definition) is 3. The molecule has 1 aromatic carbocycles. The zero-order valence-electron chi connectivity index (χ0n) is 10.5. The Kier molecular flexibility index (Phi) is 5.78. The molecular weight excluding hydrogens is 250 g/mol. The van der Waals surface area contributed by atoms with Crippen LogP contribution in [0, 0.1) is 0 Å². The molecule has 1 saturated heterocycles. The van der Waals surface area contributed by atoms with Crippen molar-refractivity contribution in [3.63, 3.8) is 0 Å². The number of ether oxygens (including phenoxy) is 2. The number of benzene rings is 1. The van der Waals surface area contributed by atoms with Gasteiger partial charge in [0.15, 0.2) is 0 Å². The molecule has 3 nitrogen and oxygen atoms in total. The highest BCUT2D eigenvalue weighted by Crippen LogP contribution is 2.19. The number of nitrogens with one attached hydrogen (secondary N) is 1. The van der Waals surface area contributed by atoms with Crippen LogP contribution in [0.25, 0.3) is 0 Å². The van der Waals surface area contributed by atoms with Gasteiger partial charge in [0.2, 0.25) is 0 Å². The van der Waals surface area contributed by atoms with Gasteiger partial charge in [0, 0.05) is 13.2 Å². The van der Waals surface area contributed by atoms with Gasteiger partial charge in [-0.05, 0) is 31.4 Å². The van der Waals surface area contributed by atoms with Crippen LogP contribution in [0.2, 0.25) is 5.02 Å². The van der Waals surface area contributed by atoms with Gasteiger partial charge in [-0.2, -0.15) is 0 Å². The first kappa shape index (κ1) is 13.7. The molecule has 0 radical (unpaired) electrons. The van der Waals surface area contributed by atoms with Gasteiger partial charge in [-0.1, -0.05) is 23.7 Å². The molecule has 0 spiro atoms. The van der Waals surface area contributed by atoms with Crippen LogP contribution in [0.5, 0.6) is 0 Å². The van der Waals surface area contributed by atoms with Gasteiger partial charge < -0.3 is 14.8 Å². The van der Waals surface area contributed by atoms with Crippen LogP contribution in [0.3, 0.4) is 0 Å². The quantitative estimate of drug-likeness (QED) is 0.804. The molecule has 1 N–H and O–H groups in total. The summed E-state index contributed by atoms with van der Waals surface area (Å²) in [5, 5.41) is 4.00. The van der Waals surface area contributed by atoms with E-state index in [1.807, 2.05) is 24.3 Å². The average molecular weight is 270 g/mol. The summed E-state index contributed by atoms with van der Waals surface area (Å²) < 4.78 is 11.2. The van der Waals surface area contributed by atoms with Gasteiger partial charge >= 0.3 is 0 Å².